The number of nitrogens with two attached hydrogens (primary N) is 1. The highest BCUT2D eigenvalue weighted by Crippen LogP contribution is 2.36. The number of carbonyl (C=O) groups excluding carboxylic acids is 1. The van der Waals surface area contributed by atoms with Gasteiger partial charge in [0.2, 0.25) is 0 Å². The summed E-state index contributed by atoms with van der Waals surface area (Å²) < 4.78 is 0. The topological polar surface area (TPSA) is 59.2 Å². The largest absolute Gasteiger partial charge is 0.338 e. The quantitative estimate of drug-likeness (QED) is 0.833. The first-order valence-corrected chi connectivity index (χ1v) is 7.11. The molecular formula is C15H21N3O. The van der Waals surface area contributed by atoms with Gasteiger partial charge >= 0.3 is 0 Å². The Kier molecular flexibility index (Phi) is 3.27. The molecule has 102 valence electrons. The van der Waals surface area contributed by atoms with Gasteiger partial charge in [-0.05, 0) is 50.2 Å². The summed E-state index contributed by atoms with van der Waals surface area (Å²) in [4.78, 5) is 18.8. The van der Waals surface area contributed by atoms with Crippen molar-refractivity contribution >= 4 is 5.91 Å². The van der Waals surface area contributed by atoms with Crippen molar-refractivity contribution in [1.82, 2.24) is 9.88 Å². The molecule has 19 heavy (non-hydrogen) atoms. The molecule has 1 aromatic rings. The summed E-state index contributed by atoms with van der Waals surface area (Å²) in [6.45, 7) is 3.66. The summed E-state index contributed by atoms with van der Waals surface area (Å²) in [7, 11) is 0. The predicted octanol–water partition coefficient (Wildman–Crippen LogP) is 1.59. The van der Waals surface area contributed by atoms with Crippen LogP contribution >= 0.6 is 0 Å². The summed E-state index contributed by atoms with van der Waals surface area (Å²) in [6.07, 6.45) is 5.08. The van der Waals surface area contributed by atoms with Gasteiger partial charge in [-0.25, -0.2) is 0 Å². The molecular weight excluding hydrogens is 238 g/mol. The number of amides is 1. The highest BCUT2D eigenvalue weighted by molar-refractivity contribution is 5.95. The zero-order valence-corrected chi connectivity index (χ0v) is 11.4. The lowest BCUT2D eigenvalue weighted by atomic mass is 9.79. The molecule has 1 unspecified atom stereocenters. The second-order valence-electron chi connectivity index (χ2n) is 5.94. The molecule has 3 rings (SSSR count). The molecule has 0 aromatic carbocycles. The molecule has 4 nitrogen and oxygen atoms in total. The van der Waals surface area contributed by atoms with Crippen LogP contribution in [0.4, 0.5) is 0 Å². The van der Waals surface area contributed by atoms with E-state index in [0.717, 1.165) is 37.2 Å². The average Bonchev–Trinajstić information content (AvgIpc) is 2.81. The molecule has 1 saturated heterocycles. The zero-order chi connectivity index (χ0) is 13.4. The smallest absolute Gasteiger partial charge is 0.255 e. The van der Waals surface area contributed by atoms with E-state index in [9.17, 15) is 4.79 Å². The first kappa shape index (κ1) is 12.6. The lowest BCUT2D eigenvalue weighted by Crippen LogP contribution is -2.32. The Balaban J connectivity index is 1.74. The third-order valence-electron chi connectivity index (χ3n) is 4.61. The maximum absolute atomic E-state index is 12.5. The van der Waals surface area contributed by atoms with Crippen molar-refractivity contribution in [3.05, 3.63) is 29.6 Å². The van der Waals surface area contributed by atoms with Crippen molar-refractivity contribution in [2.45, 2.75) is 32.2 Å². The normalized spacial score (nSPS) is 30.2. The minimum absolute atomic E-state index is 0.133. The summed E-state index contributed by atoms with van der Waals surface area (Å²) in [5, 5.41) is 0. The molecule has 1 aliphatic carbocycles. The summed E-state index contributed by atoms with van der Waals surface area (Å²) >= 11 is 0. The molecule has 2 aliphatic rings. The molecule has 2 N–H and O–H groups in total. The Labute approximate surface area is 114 Å². The first-order valence-electron chi connectivity index (χ1n) is 7.11. The van der Waals surface area contributed by atoms with Crippen LogP contribution < -0.4 is 5.73 Å². The SMILES string of the molecule is Cc1ncccc1C(=O)N1C[C@H]2CCC(N)C[C@H]2C1. The second kappa shape index (κ2) is 4.93. The van der Waals surface area contributed by atoms with Crippen LogP contribution in [0.3, 0.4) is 0 Å². The lowest BCUT2D eigenvalue weighted by Gasteiger charge is -2.27. The van der Waals surface area contributed by atoms with Crippen LogP contribution in [-0.2, 0) is 0 Å². The van der Waals surface area contributed by atoms with Crippen molar-refractivity contribution in [1.29, 1.82) is 0 Å². The van der Waals surface area contributed by atoms with Gasteiger partial charge in [0.15, 0.2) is 0 Å². The van der Waals surface area contributed by atoms with Gasteiger partial charge in [-0.2, -0.15) is 0 Å². The maximum atomic E-state index is 12.5. The fourth-order valence-electron chi connectivity index (χ4n) is 3.51. The van der Waals surface area contributed by atoms with Gasteiger partial charge in [0.1, 0.15) is 0 Å². The van der Waals surface area contributed by atoms with Crippen molar-refractivity contribution in [3.8, 4) is 0 Å². The Bertz CT molecular complexity index is 488. The molecule has 1 aromatic heterocycles. The molecule has 1 amide bonds. The van der Waals surface area contributed by atoms with Crippen LogP contribution in [0, 0.1) is 18.8 Å². The minimum Gasteiger partial charge on any atom is -0.338 e. The summed E-state index contributed by atoms with van der Waals surface area (Å²) in [6, 6.07) is 4.04. The zero-order valence-electron chi connectivity index (χ0n) is 11.4. The van der Waals surface area contributed by atoms with E-state index in [1.165, 1.54) is 6.42 Å². The number of aromatic nitrogens is 1. The van der Waals surface area contributed by atoms with E-state index < -0.39 is 0 Å². The molecule has 1 saturated carbocycles. The highest BCUT2D eigenvalue weighted by Gasteiger charge is 2.38. The summed E-state index contributed by atoms with van der Waals surface area (Å²) in [5.41, 5.74) is 7.59. The highest BCUT2D eigenvalue weighted by atomic mass is 16.2. The molecule has 2 fully saturated rings. The Morgan fingerprint density at radius 1 is 1.37 bits per heavy atom. The number of rotatable bonds is 1. The predicted molar refractivity (Wildman–Crippen MR) is 73.7 cm³/mol. The molecule has 3 atom stereocenters. The molecule has 0 spiro atoms. The third kappa shape index (κ3) is 2.37. The van der Waals surface area contributed by atoms with E-state index in [1.807, 2.05) is 24.0 Å². The number of nitrogens with zero attached hydrogens (tertiary/aromatic N) is 2. The van der Waals surface area contributed by atoms with E-state index in [-0.39, 0.29) is 5.91 Å². The van der Waals surface area contributed by atoms with Crippen LogP contribution in [0.2, 0.25) is 0 Å². The number of carbonyl (C=O) groups is 1. The number of fused-ring (bicyclic) bond motifs is 1. The average molecular weight is 259 g/mol. The van der Waals surface area contributed by atoms with Crippen LogP contribution in [0.25, 0.3) is 0 Å². The summed E-state index contributed by atoms with van der Waals surface area (Å²) in [5.74, 6) is 1.39. The van der Waals surface area contributed by atoms with Crippen LogP contribution in [-0.4, -0.2) is 34.9 Å². The van der Waals surface area contributed by atoms with Gasteiger partial charge in [0.05, 0.1) is 5.56 Å². The molecule has 0 radical (unpaired) electrons. The fourth-order valence-corrected chi connectivity index (χ4v) is 3.51. The lowest BCUT2D eigenvalue weighted by molar-refractivity contribution is 0.0782. The molecule has 2 heterocycles. The van der Waals surface area contributed by atoms with Crippen molar-refractivity contribution in [2.75, 3.05) is 13.1 Å². The minimum atomic E-state index is 0.133. The molecule has 4 heteroatoms. The van der Waals surface area contributed by atoms with Crippen LogP contribution in [0.15, 0.2) is 18.3 Å². The number of likely N-dealkylation sites (tertiary alicyclic amines) is 1. The van der Waals surface area contributed by atoms with Crippen LogP contribution in [0.5, 0.6) is 0 Å². The Morgan fingerprint density at radius 2 is 2.16 bits per heavy atom. The van der Waals surface area contributed by atoms with E-state index in [1.54, 1.807) is 6.20 Å². The number of pyridine rings is 1. The van der Waals surface area contributed by atoms with Crippen LogP contribution in [0.1, 0.15) is 35.3 Å². The molecule has 1 aliphatic heterocycles. The second-order valence-corrected chi connectivity index (χ2v) is 5.94. The van der Waals surface area contributed by atoms with E-state index in [2.05, 4.69) is 4.98 Å². The van der Waals surface area contributed by atoms with E-state index in [0.29, 0.717) is 17.9 Å². The first-order chi connectivity index (χ1) is 9.15. The van der Waals surface area contributed by atoms with Gasteiger partial charge in [-0.3, -0.25) is 9.78 Å². The van der Waals surface area contributed by atoms with Gasteiger partial charge in [0.25, 0.3) is 5.91 Å². The van der Waals surface area contributed by atoms with Gasteiger partial charge in [0, 0.05) is 31.0 Å². The van der Waals surface area contributed by atoms with E-state index in [4.69, 9.17) is 5.73 Å². The number of aryl methyl sites for hydroxylation is 1. The monoisotopic (exact) mass is 259 g/mol. The van der Waals surface area contributed by atoms with Gasteiger partial charge < -0.3 is 10.6 Å². The number of hydrogen-bond donors (Lipinski definition) is 1. The maximum Gasteiger partial charge on any atom is 0.255 e. The number of hydrogen-bond acceptors (Lipinski definition) is 3. The fraction of sp³-hybridized carbons (Fsp3) is 0.600. The van der Waals surface area contributed by atoms with Crippen molar-refractivity contribution < 1.29 is 4.79 Å². The van der Waals surface area contributed by atoms with Crippen molar-refractivity contribution in [2.24, 2.45) is 17.6 Å². The Morgan fingerprint density at radius 3 is 2.95 bits per heavy atom. The van der Waals surface area contributed by atoms with Crippen molar-refractivity contribution in [3.63, 3.8) is 0 Å². The standard InChI is InChI=1S/C15H21N3O/c1-10-14(3-2-6-17-10)15(19)18-8-11-4-5-13(16)7-12(11)9-18/h2-3,6,11-13H,4-5,7-9,16H2,1H3/t11-,12+,13?/m1/s1. The molecule has 0 bridgehead atoms. The van der Waals surface area contributed by atoms with Gasteiger partial charge in [-0.1, -0.05) is 0 Å². The third-order valence-corrected chi connectivity index (χ3v) is 4.61. The van der Waals surface area contributed by atoms with E-state index >= 15 is 0 Å². The van der Waals surface area contributed by atoms with Gasteiger partial charge in [-0.15, -0.1) is 0 Å². The Hall–Kier alpha value is -1.42.